The largest absolute Gasteiger partial charge is 0.471 e. The van der Waals surface area contributed by atoms with Gasteiger partial charge in [-0.2, -0.15) is 13.2 Å². The highest BCUT2D eigenvalue weighted by Crippen LogP contribution is 2.29. The van der Waals surface area contributed by atoms with Crippen LogP contribution in [0.25, 0.3) is 0 Å². The van der Waals surface area contributed by atoms with Crippen LogP contribution in [0.2, 0.25) is 0 Å². The zero-order chi connectivity index (χ0) is 15.5. The van der Waals surface area contributed by atoms with Gasteiger partial charge in [0.15, 0.2) is 0 Å². The Bertz CT molecular complexity index is 521. The number of amides is 1. The Hall–Kier alpha value is -1.70. The predicted octanol–water partition coefficient (Wildman–Crippen LogP) is 2.31. The molecule has 8 heteroatoms. The van der Waals surface area contributed by atoms with E-state index >= 15 is 0 Å². The van der Waals surface area contributed by atoms with Gasteiger partial charge in [-0.05, 0) is 12.1 Å². The van der Waals surface area contributed by atoms with Crippen molar-refractivity contribution in [1.82, 2.24) is 4.90 Å². The molecular weight excluding hydrogens is 307 g/mol. The molecule has 1 saturated heterocycles. The van der Waals surface area contributed by atoms with Crippen molar-refractivity contribution in [3.63, 3.8) is 0 Å². The van der Waals surface area contributed by atoms with E-state index in [1.54, 1.807) is 30.3 Å². The molecule has 1 amide bonds. The lowest BCUT2D eigenvalue weighted by atomic mass is 10.2. The number of nitrogens with zero attached hydrogens (tertiary/aromatic N) is 1. The number of carbonyl (C=O) groups is 2. The number of alkyl halides is 3. The van der Waals surface area contributed by atoms with Crippen LogP contribution in [0.15, 0.2) is 30.3 Å². The van der Waals surface area contributed by atoms with Crippen molar-refractivity contribution < 1.29 is 27.5 Å². The summed E-state index contributed by atoms with van der Waals surface area (Å²) >= 11 is 1.16. The molecule has 0 aromatic heterocycles. The molecule has 1 heterocycles. The van der Waals surface area contributed by atoms with Gasteiger partial charge in [-0.1, -0.05) is 18.2 Å². The zero-order valence-corrected chi connectivity index (χ0v) is 11.6. The van der Waals surface area contributed by atoms with Gasteiger partial charge in [0.1, 0.15) is 12.0 Å². The van der Waals surface area contributed by atoms with E-state index in [0.717, 1.165) is 11.8 Å². The van der Waals surface area contributed by atoms with Crippen LogP contribution in [0.4, 0.5) is 13.2 Å². The van der Waals surface area contributed by atoms with Crippen molar-refractivity contribution in [2.45, 2.75) is 11.6 Å². The second-order valence-corrected chi connectivity index (χ2v) is 5.57. The highest BCUT2D eigenvalue weighted by Gasteiger charge is 2.46. The molecule has 0 radical (unpaired) electrons. The van der Waals surface area contributed by atoms with Crippen LogP contribution in [-0.2, 0) is 9.53 Å². The van der Waals surface area contributed by atoms with E-state index in [4.69, 9.17) is 4.74 Å². The number of rotatable bonds is 3. The maximum Gasteiger partial charge on any atom is 0.471 e. The number of hydrogen-bond donors (Lipinski definition) is 0. The molecule has 0 aliphatic carbocycles. The van der Waals surface area contributed by atoms with E-state index in [9.17, 15) is 22.8 Å². The third-order valence-corrected chi connectivity index (χ3v) is 4.05. The molecule has 114 valence electrons. The minimum absolute atomic E-state index is 0.00341. The second kappa shape index (κ2) is 6.38. The number of halogens is 3. The SMILES string of the molecule is O=C(OCC1SCCN1C(=O)C(F)(F)F)c1ccccc1. The van der Waals surface area contributed by atoms with Crippen LogP contribution in [-0.4, -0.2) is 47.2 Å². The molecule has 0 bridgehead atoms. The van der Waals surface area contributed by atoms with Crippen LogP contribution >= 0.6 is 11.8 Å². The van der Waals surface area contributed by atoms with Crippen molar-refractivity contribution in [2.75, 3.05) is 18.9 Å². The lowest BCUT2D eigenvalue weighted by molar-refractivity contribution is -0.185. The van der Waals surface area contributed by atoms with Crippen molar-refractivity contribution in [3.8, 4) is 0 Å². The maximum absolute atomic E-state index is 12.4. The highest BCUT2D eigenvalue weighted by atomic mass is 32.2. The summed E-state index contributed by atoms with van der Waals surface area (Å²) in [6, 6.07) is 8.12. The number of esters is 1. The molecule has 0 spiro atoms. The smallest absolute Gasteiger partial charge is 0.459 e. The topological polar surface area (TPSA) is 46.6 Å². The zero-order valence-electron chi connectivity index (χ0n) is 10.8. The molecule has 1 aliphatic heterocycles. The first kappa shape index (κ1) is 15.7. The van der Waals surface area contributed by atoms with Crippen molar-refractivity contribution >= 4 is 23.6 Å². The monoisotopic (exact) mass is 319 g/mol. The van der Waals surface area contributed by atoms with E-state index in [2.05, 4.69) is 0 Å². The molecule has 0 saturated carbocycles. The summed E-state index contributed by atoms with van der Waals surface area (Å²) in [6.07, 6.45) is -4.91. The lowest BCUT2D eigenvalue weighted by Gasteiger charge is -2.24. The van der Waals surface area contributed by atoms with Gasteiger partial charge in [-0.3, -0.25) is 4.79 Å². The minimum atomic E-state index is -4.91. The first-order chi connectivity index (χ1) is 9.89. The summed E-state index contributed by atoms with van der Waals surface area (Å²) in [5.41, 5.74) is 0.314. The minimum Gasteiger partial charge on any atom is -0.459 e. The lowest BCUT2D eigenvalue weighted by Crippen LogP contribution is -2.45. The van der Waals surface area contributed by atoms with Gasteiger partial charge < -0.3 is 9.64 Å². The van der Waals surface area contributed by atoms with E-state index < -0.39 is 23.4 Å². The third kappa shape index (κ3) is 3.90. The number of hydrogen-bond acceptors (Lipinski definition) is 4. The molecule has 1 unspecified atom stereocenters. The van der Waals surface area contributed by atoms with Gasteiger partial charge in [0, 0.05) is 12.3 Å². The molecule has 1 aromatic carbocycles. The fourth-order valence-corrected chi connectivity index (χ4v) is 2.98. The Morgan fingerprint density at radius 2 is 1.95 bits per heavy atom. The van der Waals surface area contributed by atoms with Crippen molar-refractivity contribution in [3.05, 3.63) is 35.9 Å². The van der Waals surface area contributed by atoms with E-state index in [1.807, 2.05) is 0 Å². The molecule has 1 atom stereocenters. The van der Waals surface area contributed by atoms with Gasteiger partial charge >= 0.3 is 18.1 Å². The number of benzene rings is 1. The predicted molar refractivity (Wildman–Crippen MR) is 70.7 cm³/mol. The number of ether oxygens (including phenoxy) is 1. The van der Waals surface area contributed by atoms with Crippen LogP contribution in [0.1, 0.15) is 10.4 Å². The molecule has 1 fully saturated rings. The standard InChI is InChI=1S/C13H12F3NO3S/c14-13(15,16)12(19)17-6-7-21-10(17)8-20-11(18)9-4-2-1-3-5-9/h1-5,10H,6-8H2. The summed E-state index contributed by atoms with van der Waals surface area (Å²) in [5, 5.41) is -0.799. The quantitative estimate of drug-likeness (QED) is 0.802. The summed E-state index contributed by atoms with van der Waals surface area (Å²) in [7, 11) is 0. The summed E-state index contributed by atoms with van der Waals surface area (Å²) in [5.74, 6) is -2.13. The summed E-state index contributed by atoms with van der Waals surface area (Å²) < 4.78 is 42.3. The fourth-order valence-electron chi connectivity index (χ4n) is 1.86. The van der Waals surface area contributed by atoms with E-state index in [1.165, 1.54) is 0 Å². The first-order valence-electron chi connectivity index (χ1n) is 6.11. The molecule has 1 aromatic rings. The molecular formula is C13H12F3NO3S. The van der Waals surface area contributed by atoms with Gasteiger partial charge in [-0.25, -0.2) is 4.79 Å². The van der Waals surface area contributed by atoms with Crippen LogP contribution in [0, 0.1) is 0 Å². The van der Waals surface area contributed by atoms with Crippen LogP contribution in [0.3, 0.4) is 0 Å². The molecule has 1 aliphatic rings. The number of thioether (sulfide) groups is 1. The van der Waals surface area contributed by atoms with Gasteiger partial charge in [0.05, 0.1) is 5.56 Å². The van der Waals surface area contributed by atoms with Gasteiger partial charge in [0.2, 0.25) is 0 Å². The highest BCUT2D eigenvalue weighted by molar-refractivity contribution is 8.00. The Labute approximate surface area is 123 Å². The Morgan fingerprint density at radius 1 is 1.29 bits per heavy atom. The average molecular weight is 319 g/mol. The van der Waals surface area contributed by atoms with Gasteiger partial charge in [0.25, 0.3) is 0 Å². The molecule has 21 heavy (non-hydrogen) atoms. The Morgan fingerprint density at radius 3 is 2.57 bits per heavy atom. The fraction of sp³-hybridized carbons (Fsp3) is 0.385. The van der Waals surface area contributed by atoms with Gasteiger partial charge in [-0.15, -0.1) is 11.8 Å². The summed E-state index contributed by atoms with van der Waals surface area (Å²) in [6.45, 7) is -0.267. The van der Waals surface area contributed by atoms with Crippen molar-refractivity contribution in [2.24, 2.45) is 0 Å². The van der Waals surface area contributed by atoms with Crippen molar-refractivity contribution in [1.29, 1.82) is 0 Å². The molecule has 0 N–H and O–H groups in total. The van der Waals surface area contributed by atoms with E-state index in [0.29, 0.717) is 16.2 Å². The third-order valence-electron chi connectivity index (χ3n) is 2.86. The number of carbonyl (C=O) groups excluding carboxylic acids is 2. The van der Waals surface area contributed by atoms with E-state index in [-0.39, 0.29) is 13.2 Å². The second-order valence-electron chi connectivity index (χ2n) is 4.29. The molecule has 2 rings (SSSR count). The average Bonchev–Trinajstić information content (AvgIpc) is 2.92. The van der Waals surface area contributed by atoms with Crippen LogP contribution in [0.5, 0.6) is 0 Å². The Kier molecular flexibility index (Phi) is 4.76. The maximum atomic E-state index is 12.4. The normalized spacial score (nSPS) is 18.6. The summed E-state index contributed by atoms with van der Waals surface area (Å²) in [4.78, 5) is 23.7. The Balaban J connectivity index is 1.93. The first-order valence-corrected chi connectivity index (χ1v) is 7.16. The van der Waals surface area contributed by atoms with Crippen LogP contribution < -0.4 is 0 Å². The molecule has 4 nitrogen and oxygen atoms in total.